The van der Waals surface area contributed by atoms with Gasteiger partial charge in [-0.25, -0.2) is 0 Å². The van der Waals surface area contributed by atoms with Crippen molar-refractivity contribution in [2.24, 2.45) is 0 Å². The van der Waals surface area contributed by atoms with E-state index in [1.54, 1.807) is 12.1 Å². The van der Waals surface area contributed by atoms with E-state index in [4.69, 9.17) is 21.1 Å². The predicted molar refractivity (Wildman–Crippen MR) is 56.1 cm³/mol. The molecule has 0 N–H and O–H groups in total. The number of fused-ring (bicyclic) bond motifs is 1. The molecule has 0 saturated carbocycles. The summed E-state index contributed by atoms with van der Waals surface area (Å²) in [4.78, 5) is 10.9. The Morgan fingerprint density at radius 2 is 2.40 bits per heavy atom. The molecule has 0 aliphatic carbocycles. The van der Waals surface area contributed by atoms with Crippen molar-refractivity contribution in [3.63, 3.8) is 0 Å². The van der Waals surface area contributed by atoms with Gasteiger partial charge in [0.25, 0.3) is 0 Å². The molecule has 2 rings (SSSR count). The zero-order valence-electron chi connectivity index (χ0n) is 8.33. The summed E-state index contributed by atoms with van der Waals surface area (Å²) in [7, 11) is 0. The van der Waals surface area contributed by atoms with E-state index < -0.39 is 0 Å². The Bertz CT molecular complexity index is 389. The molecule has 0 spiro atoms. The van der Waals surface area contributed by atoms with E-state index in [0.717, 1.165) is 5.56 Å². The third-order valence-electron chi connectivity index (χ3n) is 2.27. The molecule has 3 nitrogen and oxygen atoms in total. The Kier molecular flexibility index (Phi) is 2.82. The van der Waals surface area contributed by atoms with E-state index in [2.05, 4.69) is 0 Å². The number of hydrogen-bond donors (Lipinski definition) is 0. The Hall–Kier alpha value is -1.22. The molecule has 15 heavy (non-hydrogen) atoms. The molecule has 1 aliphatic rings. The smallest absolute Gasteiger partial charge is 0.303 e. The monoisotopic (exact) mass is 226 g/mol. The van der Waals surface area contributed by atoms with Crippen LogP contribution in [0.3, 0.4) is 0 Å². The average Bonchev–Trinajstić information content (AvgIpc) is 2.16. The van der Waals surface area contributed by atoms with Crippen molar-refractivity contribution in [2.75, 3.05) is 6.61 Å². The van der Waals surface area contributed by atoms with Crippen LogP contribution in [0.5, 0.6) is 5.75 Å². The number of rotatable bonds is 1. The highest BCUT2D eigenvalue weighted by molar-refractivity contribution is 6.30. The number of ether oxygens (including phenoxy) is 2. The van der Waals surface area contributed by atoms with E-state index in [9.17, 15) is 4.79 Å². The number of benzene rings is 1. The van der Waals surface area contributed by atoms with E-state index in [1.807, 2.05) is 6.07 Å². The molecule has 80 valence electrons. The highest BCUT2D eigenvalue weighted by Crippen LogP contribution is 2.36. The van der Waals surface area contributed by atoms with Crippen LogP contribution < -0.4 is 4.74 Å². The van der Waals surface area contributed by atoms with Crippen molar-refractivity contribution in [3.05, 3.63) is 28.8 Å². The maximum atomic E-state index is 10.9. The van der Waals surface area contributed by atoms with Crippen LogP contribution in [0.4, 0.5) is 0 Å². The van der Waals surface area contributed by atoms with Gasteiger partial charge in [0.1, 0.15) is 11.9 Å². The summed E-state index contributed by atoms with van der Waals surface area (Å²) in [5, 5.41) is 0.622. The summed E-state index contributed by atoms with van der Waals surface area (Å²) in [6.07, 6.45) is 0.484. The number of carbonyl (C=O) groups is 1. The summed E-state index contributed by atoms with van der Waals surface area (Å²) in [6.45, 7) is 1.95. The molecule has 1 atom stereocenters. The van der Waals surface area contributed by atoms with Crippen molar-refractivity contribution in [2.45, 2.75) is 19.4 Å². The minimum atomic E-state index is -0.275. The highest BCUT2D eigenvalue weighted by atomic mass is 35.5. The number of halogens is 1. The zero-order chi connectivity index (χ0) is 10.8. The first-order valence-corrected chi connectivity index (χ1v) is 5.14. The van der Waals surface area contributed by atoms with Gasteiger partial charge in [0.05, 0.1) is 6.61 Å². The van der Waals surface area contributed by atoms with Crippen LogP contribution in [-0.2, 0) is 9.53 Å². The highest BCUT2D eigenvalue weighted by Gasteiger charge is 2.23. The fourth-order valence-corrected chi connectivity index (χ4v) is 1.82. The van der Waals surface area contributed by atoms with Gasteiger partial charge < -0.3 is 9.47 Å². The van der Waals surface area contributed by atoms with Crippen LogP contribution in [-0.4, -0.2) is 12.6 Å². The molecule has 1 aliphatic heterocycles. The maximum absolute atomic E-state index is 10.9. The lowest BCUT2D eigenvalue weighted by Crippen LogP contribution is -2.18. The SMILES string of the molecule is CC(=O)O[C@@H]1CCOc2cc(Cl)ccc21. The van der Waals surface area contributed by atoms with Gasteiger partial charge in [-0.05, 0) is 12.1 Å². The lowest BCUT2D eigenvalue weighted by atomic mass is 10.0. The lowest BCUT2D eigenvalue weighted by Gasteiger charge is -2.25. The van der Waals surface area contributed by atoms with Gasteiger partial charge in [0.15, 0.2) is 0 Å². The van der Waals surface area contributed by atoms with Gasteiger partial charge >= 0.3 is 5.97 Å². The molecule has 0 fully saturated rings. The standard InChI is InChI=1S/C11H11ClO3/c1-7(13)15-10-4-5-14-11-6-8(12)2-3-9(10)11/h2-3,6,10H,4-5H2,1H3/t10-/m1/s1. The molecule has 1 aromatic carbocycles. The molecular weight excluding hydrogens is 216 g/mol. The van der Waals surface area contributed by atoms with Crippen molar-refractivity contribution in [1.29, 1.82) is 0 Å². The Morgan fingerprint density at radius 3 is 3.13 bits per heavy atom. The predicted octanol–water partition coefficient (Wildman–Crippen LogP) is 2.73. The zero-order valence-corrected chi connectivity index (χ0v) is 9.08. The van der Waals surface area contributed by atoms with Crippen LogP contribution in [0, 0.1) is 0 Å². The van der Waals surface area contributed by atoms with Crippen molar-refractivity contribution < 1.29 is 14.3 Å². The Balaban J connectivity index is 2.30. The van der Waals surface area contributed by atoms with Gasteiger partial charge in [-0.15, -0.1) is 0 Å². The summed E-state index contributed by atoms with van der Waals surface area (Å²) >= 11 is 5.84. The van der Waals surface area contributed by atoms with E-state index in [0.29, 0.717) is 23.8 Å². The molecule has 0 bridgehead atoms. The first-order valence-electron chi connectivity index (χ1n) is 4.76. The van der Waals surface area contributed by atoms with Gasteiger partial charge in [-0.3, -0.25) is 4.79 Å². The second-order valence-electron chi connectivity index (χ2n) is 3.42. The van der Waals surface area contributed by atoms with Gasteiger partial charge in [-0.1, -0.05) is 17.7 Å². The molecule has 0 aromatic heterocycles. The fourth-order valence-electron chi connectivity index (χ4n) is 1.65. The second kappa shape index (κ2) is 4.11. The summed E-state index contributed by atoms with van der Waals surface area (Å²) in [6, 6.07) is 5.35. The maximum Gasteiger partial charge on any atom is 0.303 e. The quantitative estimate of drug-likeness (QED) is 0.691. The fraction of sp³-hybridized carbons (Fsp3) is 0.364. The van der Waals surface area contributed by atoms with Crippen LogP contribution in [0.15, 0.2) is 18.2 Å². The topological polar surface area (TPSA) is 35.5 Å². The third kappa shape index (κ3) is 2.23. The van der Waals surface area contributed by atoms with E-state index in [1.165, 1.54) is 6.92 Å². The van der Waals surface area contributed by atoms with Crippen LogP contribution >= 0.6 is 11.6 Å². The third-order valence-corrected chi connectivity index (χ3v) is 2.50. The molecule has 0 amide bonds. The molecule has 0 saturated heterocycles. The summed E-state index contributed by atoms with van der Waals surface area (Å²) < 4.78 is 10.6. The van der Waals surface area contributed by atoms with Crippen LogP contribution in [0.1, 0.15) is 25.0 Å². The van der Waals surface area contributed by atoms with Crippen molar-refractivity contribution in [1.82, 2.24) is 0 Å². The van der Waals surface area contributed by atoms with Gasteiger partial charge in [-0.2, -0.15) is 0 Å². The molecule has 4 heteroatoms. The van der Waals surface area contributed by atoms with Crippen molar-refractivity contribution in [3.8, 4) is 5.75 Å². The van der Waals surface area contributed by atoms with Crippen LogP contribution in [0.25, 0.3) is 0 Å². The molecular formula is C11H11ClO3. The minimum Gasteiger partial charge on any atom is -0.493 e. The van der Waals surface area contributed by atoms with Gasteiger partial charge in [0, 0.05) is 23.9 Å². The van der Waals surface area contributed by atoms with Crippen molar-refractivity contribution >= 4 is 17.6 Å². The minimum absolute atomic E-state index is 0.205. The summed E-state index contributed by atoms with van der Waals surface area (Å²) in [5.41, 5.74) is 0.890. The normalized spacial score (nSPS) is 18.9. The van der Waals surface area contributed by atoms with E-state index in [-0.39, 0.29) is 12.1 Å². The number of carbonyl (C=O) groups excluding carboxylic acids is 1. The van der Waals surface area contributed by atoms with E-state index >= 15 is 0 Å². The summed E-state index contributed by atoms with van der Waals surface area (Å²) in [5.74, 6) is 0.433. The number of hydrogen-bond acceptors (Lipinski definition) is 3. The Labute approximate surface area is 92.9 Å². The first-order chi connectivity index (χ1) is 7.16. The second-order valence-corrected chi connectivity index (χ2v) is 3.85. The Morgan fingerprint density at radius 1 is 1.60 bits per heavy atom. The molecule has 0 unspecified atom stereocenters. The molecule has 0 radical (unpaired) electrons. The largest absolute Gasteiger partial charge is 0.493 e. The molecule has 1 heterocycles. The molecule has 1 aromatic rings. The van der Waals surface area contributed by atoms with Gasteiger partial charge in [0.2, 0.25) is 0 Å². The van der Waals surface area contributed by atoms with Crippen LogP contribution in [0.2, 0.25) is 5.02 Å². The average molecular weight is 227 g/mol. The first kappa shape index (κ1) is 10.3. The number of esters is 1. The lowest BCUT2D eigenvalue weighted by molar-refractivity contribution is -0.147.